The van der Waals surface area contributed by atoms with Gasteiger partial charge >= 0.3 is 0 Å². The minimum atomic E-state index is -0.0590. The normalized spacial score (nSPS) is 24.0. The van der Waals surface area contributed by atoms with Crippen molar-refractivity contribution in [2.75, 3.05) is 46.4 Å². The van der Waals surface area contributed by atoms with E-state index in [-0.39, 0.29) is 42.7 Å². The number of rotatable bonds is 8. The van der Waals surface area contributed by atoms with Crippen LogP contribution >= 0.6 is 71.2 Å². The number of halogens is 6. The second-order valence-electron chi connectivity index (χ2n) is 13.4. The Kier molecular flexibility index (Phi) is 18.9. The summed E-state index contributed by atoms with van der Waals surface area (Å²) in [7, 11) is 1.93. The highest BCUT2D eigenvalue weighted by Gasteiger charge is 2.37. The van der Waals surface area contributed by atoms with Crippen LogP contribution in [0.25, 0.3) is 12.2 Å². The van der Waals surface area contributed by atoms with Gasteiger partial charge in [-0.2, -0.15) is 0 Å². The molecule has 282 valence electrons. The maximum absolute atomic E-state index is 12.6. The van der Waals surface area contributed by atoms with Crippen LogP contribution in [0.15, 0.2) is 48.6 Å². The van der Waals surface area contributed by atoms with Crippen molar-refractivity contribution < 1.29 is 14.3 Å². The first-order valence-electron chi connectivity index (χ1n) is 17.6. The summed E-state index contributed by atoms with van der Waals surface area (Å²) in [4.78, 5) is 31.9. The highest BCUT2D eigenvalue weighted by Crippen LogP contribution is 2.31. The average molecular weight is 824 g/mol. The summed E-state index contributed by atoms with van der Waals surface area (Å²) in [6.07, 6.45) is 17.5. The molecular weight excluding hydrogens is 773 g/mol. The molecule has 2 aliphatic carbocycles. The fraction of sp³-hybridized carbons (Fsp3) is 0.526. The first-order chi connectivity index (χ1) is 23.7. The van der Waals surface area contributed by atoms with Crippen molar-refractivity contribution in [3.05, 3.63) is 79.8 Å². The van der Waals surface area contributed by atoms with Crippen molar-refractivity contribution in [2.45, 2.75) is 82.0 Å². The zero-order chi connectivity index (χ0) is 34.8. The highest BCUT2D eigenvalue weighted by molar-refractivity contribution is 6.42. The van der Waals surface area contributed by atoms with E-state index < -0.39 is 0 Å². The molecule has 7 nitrogen and oxygen atoms in total. The first-order valence-corrected chi connectivity index (χ1v) is 19.1. The van der Waals surface area contributed by atoms with Crippen molar-refractivity contribution in [2.24, 2.45) is 0 Å². The maximum atomic E-state index is 12.6. The van der Waals surface area contributed by atoms with E-state index in [9.17, 15) is 9.59 Å². The summed E-state index contributed by atoms with van der Waals surface area (Å²) >= 11 is 23.9. The summed E-state index contributed by atoms with van der Waals surface area (Å²) in [5.41, 5.74) is 1.74. The molecular formula is C38H50Cl6N4O3. The Balaban J connectivity index is 0.000000265. The second kappa shape index (κ2) is 22.0. The van der Waals surface area contributed by atoms with E-state index in [1.54, 1.807) is 48.6 Å². The van der Waals surface area contributed by atoms with Crippen molar-refractivity contribution in [3.8, 4) is 0 Å². The predicted octanol–water partition coefficient (Wildman–Crippen LogP) is 9.09. The van der Waals surface area contributed by atoms with E-state index >= 15 is 0 Å². The van der Waals surface area contributed by atoms with Gasteiger partial charge in [0.05, 0.1) is 33.3 Å². The Morgan fingerprint density at radius 3 is 1.86 bits per heavy atom. The quantitative estimate of drug-likeness (QED) is 0.270. The maximum Gasteiger partial charge on any atom is 0.246 e. The van der Waals surface area contributed by atoms with Crippen molar-refractivity contribution in [1.82, 2.24) is 20.0 Å². The van der Waals surface area contributed by atoms with Gasteiger partial charge < -0.3 is 15.0 Å². The van der Waals surface area contributed by atoms with Crippen LogP contribution in [0.1, 0.15) is 68.9 Å². The van der Waals surface area contributed by atoms with E-state index in [1.807, 2.05) is 24.1 Å². The zero-order valence-corrected chi connectivity index (χ0v) is 33.7. The molecule has 4 atom stereocenters. The molecule has 2 amide bonds. The molecule has 0 spiro atoms. The number of nitrogens with zero attached hydrogens (tertiary/aromatic N) is 3. The third-order valence-corrected chi connectivity index (χ3v) is 11.7. The van der Waals surface area contributed by atoms with Gasteiger partial charge in [0.1, 0.15) is 0 Å². The molecule has 2 heterocycles. The Morgan fingerprint density at radius 2 is 1.25 bits per heavy atom. The van der Waals surface area contributed by atoms with Crippen molar-refractivity contribution in [3.63, 3.8) is 0 Å². The fourth-order valence-electron chi connectivity index (χ4n) is 7.58. The van der Waals surface area contributed by atoms with Gasteiger partial charge in [-0.15, -0.1) is 24.8 Å². The molecule has 51 heavy (non-hydrogen) atoms. The third-order valence-electron chi connectivity index (χ3n) is 10.2. The molecule has 0 radical (unpaired) electrons. The summed E-state index contributed by atoms with van der Waals surface area (Å²) in [5, 5.41) is 5.23. The van der Waals surface area contributed by atoms with Gasteiger partial charge in [0.25, 0.3) is 0 Å². The lowest BCUT2D eigenvalue weighted by atomic mass is 9.88. The monoisotopic (exact) mass is 820 g/mol. The van der Waals surface area contributed by atoms with Crippen molar-refractivity contribution >= 4 is 95.2 Å². The number of carbonyl (C=O) groups is 2. The molecule has 6 rings (SSSR count). The van der Waals surface area contributed by atoms with Crippen LogP contribution in [0.2, 0.25) is 20.1 Å². The van der Waals surface area contributed by atoms with Gasteiger partial charge in [-0.05, 0) is 106 Å². The van der Waals surface area contributed by atoms with Crippen LogP contribution in [0.5, 0.6) is 0 Å². The van der Waals surface area contributed by atoms with Crippen LogP contribution < -0.4 is 5.32 Å². The number of likely N-dealkylation sites (tertiary alicyclic amines) is 1. The molecule has 2 aromatic carbocycles. The summed E-state index contributed by atoms with van der Waals surface area (Å²) in [6.45, 7) is 5.85. The number of carbonyl (C=O) groups excluding carboxylic acids is 2. The number of hydrogen-bond acceptors (Lipinski definition) is 5. The SMILES string of the molecule is CN(C(=O)/C=C/c1ccc(Cl)c(Cl)c1)[C@@H]1CCC[C@H]1N1CCCC1.Cl.Cl.O=C(/C=C/c1ccc(Cl)c(Cl)c1)N[C@@H]1CCCC[C@H]1N1CCOCC1. The lowest BCUT2D eigenvalue weighted by Crippen LogP contribution is -2.55. The summed E-state index contributed by atoms with van der Waals surface area (Å²) in [5.74, 6) is -0.00611. The molecule has 2 aliphatic heterocycles. The number of morpholine rings is 1. The molecule has 4 aliphatic rings. The average Bonchev–Trinajstić information content (AvgIpc) is 3.83. The smallest absolute Gasteiger partial charge is 0.246 e. The molecule has 0 bridgehead atoms. The zero-order valence-electron chi connectivity index (χ0n) is 29.1. The van der Waals surface area contributed by atoms with E-state index in [0.29, 0.717) is 38.2 Å². The van der Waals surface area contributed by atoms with Gasteiger partial charge in [-0.3, -0.25) is 19.4 Å². The van der Waals surface area contributed by atoms with E-state index in [2.05, 4.69) is 15.1 Å². The van der Waals surface area contributed by atoms with Crippen LogP contribution in [0.4, 0.5) is 0 Å². The standard InChI is InChI=1S/C19H24Cl2N2O2.C19H24Cl2N2O.2ClH/c20-15-7-5-14(13-16(15)21)6-8-19(24)22-17-3-1-2-4-18(17)23-9-11-25-12-10-23;1-22(17-5-4-6-18(17)23-11-2-3-12-23)19(24)10-8-14-7-9-15(20)16(21)13-14;;/h5-8,13,17-18H,1-4,9-12H2,(H,22,24);7-10,13,17-18H,2-6,11-12H2,1H3;2*1H/b8-6+;10-8+;;/t2*17-,18-;;/m11../s1. The van der Waals surface area contributed by atoms with Gasteiger partial charge in [0.15, 0.2) is 0 Å². The molecule has 2 saturated carbocycles. The number of amides is 2. The number of hydrogen-bond donors (Lipinski definition) is 1. The number of nitrogens with one attached hydrogen (secondary N) is 1. The molecule has 4 fully saturated rings. The Labute approximate surface area is 335 Å². The minimum Gasteiger partial charge on any atom is -0.379 e. The Morgan fingerprint density at radius 1 is 0.706 bits per heavy atom. The van der Waals surface area contributed by atoms with Crippen LogP contribution in [0, 0.1) is 0 Å². The lowest BCUT2D eigenvalue weighted by molar-refractivity contribution is -0.127. The van der Waals surface area contributed by atoms with Crippen LogP contribution in [-0.4, -0.2) is 97.1 Å². The van der Waals surface area contributed by atoms with Gasteiger partial charge in [0.2, 0.25) is 11.8 Å². The predicted molar refractivity (Wildman–Crippen MR) is 217 cm³/mol. The topological polar surface area (TPSA) is 65.1 Å². The number of ether oxygens (including phenoxy) is 1. The number of likely N-dealkylation sites (N-methyl/N-ethyl adjacent to an activating group) is 1. The van der Waals surface area contributed by atoms with E-state index in [4.69, 9.17) is 51.1 Å². The lowest BCUT2D eigenvalue weighted by Gasteiger charge is -2.41. The number of benzene rings is 2. The Hall–Kier alpha value is -1.52. The van der Waals surface area contributed by atoms with Gasteiger partial charge in [-0.25, -0.2) is 0 Å². The molecule has 0 unspecified atom stereocenters. The third kappa shape index (κ3) is 12.8. The highest BCUT2D eigenvalue weighted by atomic mass is 35.5. The van der Waals surface area contributed by atoms with Gasteiger partial charge in [0, 0.05) is 56.5 Å². The summed E-state index contributed by atoms with van der Waals surface area (Å²) in [6, 6.07) is 12.2. The fourth-order valence-corrected chi connectivity index (χ4v) is 8.19. The largest absolute Gasteiger partial charge is 0.379 e. The molecule has 1 N–H and O–H groups in total. The Bertz CT molecular complexity index is 1480. The van der Waals surface area contributed by atoms with Gasteiger partial charge in [-0.1, -0.05) is 71.4 Å². The first kappa shape index (κ1) is 43.9. The summed E-state index contributed by atoms with van der Waals surface area (Å²) < 4.78 is 5.45. The van der Waals surface area contributed by atoms with E-state index in [0.717, 1.165) is 56.7 Å². The molecule has 0 aromatic heterocycles. The van der Waals surface area contributed by atoms with Crippen molar-refractivity contribution in [1.29, 1.82) is 0 Å². The molecule has 13 heteroatoms. The molecule has 2 saturated heterocycles. The minimum absolute atomic E-state index is 0. The second-order valence-corrected chi connectivity index (χ2v) is 15.0. The van der Waals surface area contributed by atoms with E-state index in [1.165, 1.54) is 51.6 Å². The molecule has 2 aromatic rings. The van der Waals surface area contributed by atoms with Crippen LogP contribution in [-0.2, 0) is 14.3 Å². The van der Waals surface area contributed by atoms with Crippen LogP contribution in [0.3, 0.4) is 0 Å².